The number of hydrogen-bond donors (Lipinski definition) is 1. The van der Waals surface area contributed by atoms with Gasteiger partial charge in [0.1, 0.15) is 18.4 Å². The highest BCUT2D eigenvalue weighted by atomic mass is 32.2. The minimum atomic E-state index is -3.99. The Morgan fingerprint density at radius 3 is 2.12 bits per heavy atom. The van der Waals surface area contributed by atoms with Crippen LogP contribution in [0.15, 0.2) is 54.6 Å². The van der Waals surface area contributed by atoms with Gasteiger partial charge in [-0.2, -0.15) is 12.7 Å². The van der Waals surface area contributed by atoms with Crippen molar-refractivity contribution in [3.8, 4) is 0 Å². The van der Waals surface area contributed by atoms with E-state index in [9.17, 15) is 22.4 Å². The van der Waals surface area contributed by atoms with Crippen LogP contribution in [-0.4, -0.2) is 62.7 Å². The van der Waals surface area contributed by atoms with E-state index in [0.29, 0.717) is 24.2 Å². The number of rotatable bonds is 11. The average Bonchev–Trinajstić information content (AvgIpc) is 2.79. The Morgan fingerprint density at radius 1 is 1.00 bits per heavy atom. The highest BCUT2D eigenvalue weighted by Crippen LogP contribution is 2.21. The molecule has 0 aliphatic heterocycles. The highest BCUT2D eigenvalue weighted by Gasteiger charge is 2.33. The minimum absolute atomic E-state index is 0.0272. The number of carbonyl (C=O) groups excluding carboxylic acids is 2. The summed E-state index contributed by atoms with van der Waals surface area (Å²) in [5.74, 6) is -1.30. The van der Waals surface area contributed by atoms with Gasteiger partial charge in [0.2, 0.25) is 11.8 Å². The molecule has 2 amide bonds. The van der Waals surface area contributed by atoms with Gasteiger partial charge >= 0.3 is 10.2 Å². The zero-order chi connectivity index (χ0) is 24.6. The van der Waals surface area contributed by atoms with Crippen molar-refractivity contribution in [1.82, 2.24) is 14.5 Å². The fourth-order valence-electron chi connectivity index (χ4n) is 3.31. The fourth-order valence-corrected chi connectivity index (χ4v) is 4.37. The van der Waals surface area contributed by atoms with Crippen molar-refractivity contribution < 1.29 is 22.4 Å². The van der Waals surface area contributed by atoms with Gasteiger partial charge < -0.3 is 10.2 Å². The van der Waals surface area contributed by atoms with Gasteiger partial charge in [0, 0.05) is 27.2 Å². The molecule has 0 aliphatic carbocycles. The molecule has 33 heavy (non-hydrogen) atoms. The van der Waals surface area contributed by atoms with Crippen LogP contribution in [-0.2, 0) is 26.3 Å². The maximum absolute atomic E-state index is 13.5. The summed E-state index contributed by atoms with van der Waals surface area (Å²) >= 11 is 0. The van der Waals surface area contributed by atoms with Crippen LogP contribution in [0, 0.1) is 5.82 Å². The van der Waals surface area contributed by atoms with Gasteiger partial charge in [-0.3, -0.25) is 9.59 Å². The van der Waals surface area contributed by atoms with E-state index < -0.39 is 34.5 Å². The number of likely N-dealkylation sites (N-methyl/N-ethyl adjacent to an activating group) is 1. The largest absolute Gasteiger partial charge is 0.355 e. The first kappa shape index (κ1) is 26.3. The maximum Gasteiger partial charge on any atom is 0.304 e. The molecule has 0 aromatic heterocycles. The van der Waals surface area contributed by atoms with E-state index in [4.69, 9.17) is 0 Å². The summed E-state index contributed by atoms with van der Waals surface area (Å²) in [6.07, 6.45) is 0.324. The second kappa shape index (κ2) is 11.8. The number of benzene rings is 2. The van der Waals surface area contributed by atoms with Crippen molar-refractivity contribution in [2.45, 2.75) is 32.9 Å². The molecular formula is C23H31FN4O4S. The van der Waals surface area contributed by atoms with Crippen LogP contribution >= 0.6 is 0 Å². The maximum atomic E-state index is 13.5. The number of anilines is 1. The Hall–Kier alpha value is -2.98. The second-order valence-corrected chi connectivity index (χ2v) is 9.67. The molecule has 0 radical (unpaired) electrons. The summed E-state index contributed by atoms with van der Waals surface area (Å²) in [5.41, 5.74) is 0.946. The van der Waals surface area contributed by atoms with Crippen molar-refractivity contribution in [3.05, 3.63) is 66.0 Å². The Balaban J connectivity index is 2.45. The van der Waals surface area contributed by atoms with E-state index in [2.05, 4.69) is 5.32 Å². The lowest BCUT2D eigenvalue weighted by atomic mass is 10.1. The first-order valence-electron chi connectivity index (χ1n) is 10.7. The monoisotopic (exact) mass is 478 g/mol. The van der Waals surface area contributed by atoms with Crippen LogP contribution in [0.3, 0.4) is 0 Å². The smallest absolute Gasteiger partial charge is 0.304 e. The van der Waals surface area contributed by atoms with Crippen molar-refractivity contribution in [1.29, 1.82) is 0 Å². The highest BCUT2D eigenvalue weighted by molar-refractivity contribution is 7.90. The van der Waals surface area contributed by atoms with E-state index in [1.54, 1.807) is 44.2 Å². The molecule has 0 aliphatic rings. The Kier molecular flexibility index (Phi) is 9.36. The summed E-state index contributed by atoms with van der Waals surface area (Å²) < 4.78 is 41.5. The summed E-state index contributed by atoms with van der Waals surface area (Å²) in [6.45, 7) is 3.47. The third kappa shape index (κ3) is 6.75. The van der Waals surface area contributed by atoms with Crippen molar-refractivity contribution >= 4 is 27.7 Å². The topological polar surface area (TPSA) is 90.0 Å². The number of nitrogens with zero attached hydrogens (tertiary/aromatic N) is 3. The molecule has 0 bridgehead atoms. The normalized spacial score (nSPS) is 12.3. The summed E-state index contributed by atoms with van der Waals surface area (Å²) in [4.78, 5) is 27.6. The predicted octanol–water partition coefficient (Wildman–Crippen LogP) is 2.38. The Morgan fingerprint density at radius 2 is 1.61 bits per heavy atom. The lowest BCUT2D eigenvalue weighted by molar-refractivity contribution is -0.140. The lowest BCUT2D eigenvalue weighted by Gasteiger charge is -2.33. The lowest BCUT2D eigenvalue weighted by Crippen LogP contribution is -2.53. The van der Waals surface area contributed by atoms with Crippen molar-refractivity contribution in [3.63, 3.8) is 0 Å². The van der Waals surface area contributed by atoms with Crippen LogP contribution in [0.2, 0.25) is 0 Å². The predicted molar refractivity (Wildman–Crippen MR) is 126 cm³/mol. The molecule has 0 unspecified atom stereocenters. The van der Waals surface area contributed by atoms with Crippen LogP contribution in [0.1, 0.15) is 25.8 Å². The molecule has 0 spiro atoms. The van der Waals surface area contributed by atoms with Gasteiger partial charge in [0.05, 0.1) is 5.69 Å². The first-order valence-corrected chi connectivity index (χ1v) is 12.1. The average molecular weight is 479 g/mol. The van der Waals surface area contributed by atoms with Gasteiger partial charge in [0.25, 0.3) is 0 Å². The molecule has 0 fully saturated rings. The third-order valence-electron chi connectivity index (χ3n) is 5.07. The van der Waals surface area contributed by atoms with Gasteiger partial charge in [-0.15, -0.1) is 0 Å². The SMILES string of the molecule is CCNC(=O)[C@@H](CC)N(Cc1ccc(F)cc1)C(=O)CN(c1ccccc1)S(=O)(=O)N(C)C. The van der Waals surface area contributed by atoms with Crippen LogP contribution in [0.5, 0.6) is 0 Å². The number of amides is 2. The van der Waals surface area contributed by atoms with E-state index in [-0.39, 0.29) is 12.5 Å². The molecular weight excluding hydrogens is 447 g/mol. The Labute approximate surface area is 195 Å². The van der Waals surface area contributed by atoms with E-state index in [0.717, 1.165) is 8.61 Å². The van der Waals surface area contributed by atoms with Gasteiger partial charge in [-0.05, 0) is 43.2 Å². The molecule has 2 aromatic carbocycles. The van der Waals surface area contributed by atoms with Gasteiger partial charge in [0.15, 0.2) is 0 Å². The van der Waals surface area contributed by atoms with Crippen molar-refractivity contribution in [2.24, 2.45) is 0 Å². The van der Waals surface area contributed by atoms with Gasteiger partial charge in [-0.1, -0.05) is 37.3 Å². The molecule has 2 aromatic rings. The summed E-state index contributed by atoms with van der Waals surface area (Å²) in [5, 5.41) is 2.73. The Bertz CT molecular complexity index is 1030. The molecule has 1 N–H and O–H groups in total. The van der Waals surface area contributed by atoms with E-state index in [1.165, 1.54) is 43.3 Å². The molecule has 1 atom stereocenters. The van der Waals surface area contributed by atoms with E-state index in [1.807, 2.05) is 0 Å². The van der Waals surface area contributed by atoms with Crippen molar-refractivity contribution in [2.75, 3.05) is 31.5 Å². The summed E-state index contributed by atoms with van der Waals surface area (Å²) in [6, 6.07) is 13.1. The van der Waals surface area contributed by atoms with Crippen LogP contribution < -0.4 is 9.62 Å². The molecule has 10 heteroatoms. The number of carbonyl (C=O) groups is 2. The van der Waals surface area contributed by atoms with E-state index >= 15 is 0 Å². The second-order valence-electron chi connectivity index (χ2n) is 7.60. The standard InChI is InChI=1S/C23H31FN4O4S/c1-5-21(23(30)25-6-2)27(16-18-12-14-19(24)15-13-18)22(29)17-28(33(31,32)26(3)4)20-10-8-7-9-11-20/h7-15,21H,5-6,16-17H2,1-4H3,(H,25,30)/t21-/m1/s1. The number of nitrogens with one attached hydrogen (secondary N) is 1. The van der Waals surface area contributed by atoms with Crippen LogP contribution in [0.4, 0.5) is 10.1 Å². The zero-order valence-corrected chi connectivity index (χ0v) is 20.2. The molecule has 0 saturated heterocycles. The minimum Gasteiger partial charge on any atom is -0.355 e. The first-order chi connectivity index (χ1) is 15.6. The molecule has 0 saturated carbocycles. The molecule has 8 nitrogen and oxygen atoms in total. The molecule has 180 valence electrons. The quantitative estimate of drug-likeness (QED) is 0.537. The molecule has 2 rings (SSSR count). The van der Waals surface area contributed by atoms with Gasteiger partial charge in [-0.25, -0.2) is 8.70 Å². The number of hydrogen-bond acceptors (Lipinski definition) is 4. The number of halogens is 1. The zero-order valence-electron chi connectivity index (χ0n) is 19.4. The summed E-state index contributed by atoms with van der Waals surface area (Å²) in [7, 11) is -1.22. The van der Waals surface area contributed by atoms with Crippen LogP contribution in [0.25, 0.3) is 0 Å². The number of para-hydroxylation sites is 1. The fraction of sp³-hybridized carbons (Fsp3) is 0.391. The third-order valence-corrected chi connectivity index (χ3v) is 6.89. The molecule has 0 heterocycles.